The summed E-state index contributed by atoms with van der Waals surface area (Å²) in [5, 5.41) is 16.9. The van der Waals surface area contributed by atoms with Crippen LogP contribution in [0.4, 0.5) is 11.4 Å². The summed E-state index contributed by atoms with van der Waals surface area (Å²) in [6.45, 7) is 3.84. The molecule has 0 amide bonds. The van der Waals surface area contributed by atoms with Crippen molar-refractivity contribution in [2.75, 3.05) is 11.5 Å². The first-order valence-electron chi connectivity index (χ1n) is 14.6. The van der Waals surface area contributed by atoms with E-state index in [1.165, 1.54) is 24.3 Å². The Kier molecular flexibility index (Phi) is 12.5. The van der Waals surface area contributed by atoms with Crippen molar-refractivity contribution in [3.63, 3.8) is 0 Å². The number of hydrogen-bond acceptors (Lipinski definition) is 6. The van der Waals surface area contributed by atoms with E-state index in [2.05, 4.69) is 0 Å². The van der Waals surface area contributed by atoms with E-state index in [1.54, 1.807) is 45.8 Å². The Morgan fingerprint density at radius 2 is 0.812 bits per heavy atom. The largest absolute Gasteiger partial charge is 0.478 e. The Hall–Kier alpha value is -6.56. The molecule has 12 nitrogen and oxygen atoms in total. The molecular weight excluding hydrogens is 612 g/mol. The number of carboxylic acid groups (broad SMARTS) is 2. The van der Waals surface area contributed by atoms with E-state index in [4.69, 9.17) is 21.7 Å². The zero-order valence-corrected chi connectivity index (χ0v) is 27.0. The van der Waals surface area contributed by atoms with Gasteiger partial charge in [-0.3, -0.25) is 19.0 Å². The molecule has 2 aromatic heterocycles. The van der Waals surface area contributed by atoms with Crippen LogP contribution >= 0.6 is 0 Å². The third-order valence-corrected chi connectivity index (χ3v) is 7.02. The van der Waals surface area contributed by atoms with Crippen molar-refractivity contribution in [1.29, 1.82) is 0 Å². The van der Waals surface area contributed by atoms with E-state index in [0.717, 1.165) is 22.8 Å². The summed E-state index contributed by atoms with van der Waals surface area (Å²) in [6.07, 6.45) is 0. The molecule has 48 heavy (non-hydrogen) atoms. The van der Waals surface area contributed by atoms with Gasteiger partial charge in [-0.25, -0.2) is 19.0 Å². The van der Waals surface area contributed by atoms with Crippen molar-refractivity contribution in [3.8, 4) is 11.4 Å². The smallest absolute Gasteiger partial charge is 0.335 e. The first kappa shape index (κ1) is 35.9. The molecule has 0 fully saturated rings. The van der Waals surface area contributed by atoms with Gasteiger partial charge in [-0.1, -0.05) is 36.4 Å². The Balaban J connectivity index is 0.000000176. The average Bonchev–Trinajstić information content (AvgIpc) is 3.48. The van der Waals surface area contributed by atoms with Gasteiger partial charge in [-0.2, -0.15) is 0 Å². The van der Waals surface area contributed by atoms with Crippen molar-refractivity contribution in [2.24, 2.45) is 14.1 Å². The van der Waals surface area contributed by atoms with E-state index in [0.29, 0.717) is 11.4 Å². The van der Waals surface area contributed by atoms with Crippen molar-refractivity contribution in [1.82, 2.24) is 18.7 Å². The Labute approximate surface area is 276 Å². The van der Waals surface area contributed by atoms with Crippen LogP contribution in [0.25, 0.3) is 11.4 Å². The minimum Gasteiger partial charge on any atom is -0.478 e. The number of aryl methyl sites for hydroxylation is 2. The van der Waals surface area contributed by atoms with Crippen molar-refractivity contribution < 1.29 is 19.8 Å². The minimum absolute atomic E-state index is 0.0104. The lowest BCUT2D eigenvalue weighted by Gasteiger charge is -2.07. The van der Waals surface area contributed by atoms with E-state index >= 15 is 0 Å². The minimum atomic E-state index is -0.931. The Morgan fingerprint density at radius 3 is 1.04 bits per heavy atom. The standard InChI is InChI=1S/2C11H12N2O.2C7H7NO2/c2*1-9-8-11(14)13(12(9)2)10-6-4-3-5-7-10;2*8-6-3-1-5(2-4-6)7(9)10/h2*3-8H,1-2H3;2*1-4H,8H2,(H,9,10). The fourth-order valence-electron chi connectivity index (χ4n) is 4.27. The number of aromatic carboxylic acids is 2. The molecule has 0 atom stereocenters. The molecule has 6 aromatic rings. The molecule has 0 saturated carbocycles. The second kappa shape index (κ2) is 16.7. The van der Waals surface area contributed by atoms with Gasteiger partial charge < -0.3 is 21.7 Å². The van der Waals surface area contributed by atoms with Crippen LogP contribution in [-0.4, -0.2) is 40.9 Å². The topological polar surface area (TPSA) is 180 Å². The highest BCUT2D eigenvalue weighted by atomic mass is 16.4. The first-order chi connectivity index (χ1) is 22.8. The Morgan fingerprint density at radius 1 is 0.521 bits per heavy atom. The highest BCUT2D eigenvalue weighted by Crippen LogP contribution is 2.07. The van der Waals surface area contributed by atoms with Crippen LogP contribution in [0.2, 0.25) is 0 Å². The van der Waals surface area contributed by atoms with E-state index < -0.39 is 11.9 Å². The molecule has 0 aliphatic carbocycles. The molecule has 0 aliphatic heterocycles. The second-order valence-corrected chi connectivity index (χ2v) is 10.4. The molecule has 0 radical (unpaired) electrons. The molecule has 6 rings (SSSR count). The summed E-state index contributed by atoms with van der Waals surface area (Å²) >= 11 is 0. The number of anilines is 2. The third kappa shape index (κ3) is 9.72. The molecule has 6 N–H and O–H groups in total. The SMILES string of the molecule is Cc1cc(=O)n(-c2ccccc2)n1C.Cc1cc(=O)n(-c2ccccc2)n1C.Nc1ccc(C(=O)O)cc1.Nc1ccc(C(=O)O)cc1. The fraction of sp³-hybridized carbons (Fsp3) is 0.111. The molecule has 2 heterocycles. The molecule has 0 unspecified atom stereocenters. The highest BCUT2D eigenvalue weighted by Gasteiger charge is 2.06. The predicted molar refractivity (Wildman–Crippen MR) is 187 cm³/mol. The van der Waals surface area contributed by atoms with E-state index in [-0.39, 0.29) is 22.2 Å². The number of rotatable bonds is 4. The maximum Gasteiger partial charge on any atom is 0.335 e. The summed E-state index contributed by atoms with van der Waals surface area (Å²) in [7, 11) is 3.76. The lowest BCUT2D eigenvalue weighted by Crippen LogP contribution is -2.18. The molecule has 12 heteroatoms. The van der Waals surface area contributed by atoms with Gasteiger partial charge in [0.1, 0.15) is 0 Å². The number of hydrogen-bond donors (Lipinski definition) is 4. The number of nitrogens with zero attached hydrogens (tertiary/aromatic N) is 4. The fourth-order valence-corrected chi connectivity index (χ4v) is 4.27. The van der Waals surface area contributed by atoms with Crippen LogP contribution in [0.5, 0.6) is 0 Å². The number of carboxylic acids is 2. The molecule has 0 saturated heterocycles. The van der Waals surface area contributed by atoms with Crippen LogP contribution in [0.1, 0.15) is 32.1 Å². The zero-order valence-electron chi connectivity index (χ0n) is 27.0. The molecule has 0 aliphatic rings. The number of nitrogen functional groups attached to an aromatic ring is 2. The van der Waals surface area contributed by atoms with Gasteiger partial charge in [0.2, 0.25) is 0 Å². The first-order valence-corrected chi connectivity index (χ1v) is 14.6. The zero-order chi connectivity index (χ0) is 35.4. The van der Waals surface area contributed by atoms with Crippen LogP contribution in [-0.2, 0) is 14.1 Å². The maximum absolute atomic E-state index is 11.6. The molecule has 4 aromatic carbocycles. The number of aromatic nitrogens is 4. The lowest BCUT2D eigenvalue weighted by atomic mass is 10.2. The van der Waals surface area contributed by atoms with Gasteiger partial charge in [-0.15, -0.1) is 0 Å². The normalized spacial score (nSPS) is 9.92. The van der Waals surface area contributed by atoms with E-state index in [1.807, 2.05) is 98.0 Å². The van der Waals surface area contributed by atoms with Crippen LogP contribution in [0, 0.1) is 13.8 Å². The average molecular weight is 651 g/mol. The van der Waals surface area contributed by atoms with Crippen LogP contribution in [0.3, 0.4) is 0 Å². The maximum atomic E-state index is 11.6. The van der Waals surface area contributed by atoms with E-state index in [9.17, 15) is 19.2 Å². The summed E-state index contributed by atoms with van der Waals surface area (Å²) in [4.78, 5) is 43.7. The molecule has 0 spiro atoms. The Bertz CT molecular complexity index is 1910. The predicted octanol–water partition coefficient (Wildman–Crippen LogP) is 4.90. The molecule has 0 bridgehead atoms. The number of nitrogens with two attached hydrogens (primary N) is 2. The molecule has 248 valence electrons. The monoisotopic (exact) mass is 650 g/mol. The van der Waals surface area contributed by atoms with Gasteiger partial charge in [-0.05, 0) is 86.6 Å². The summed E-state index contributed by atoms with van der Waals surface area (Å²) < 4.78 is 6.99. The van der Waals surface area contributed by atoms with Crippen molar-refractivity contribution in [2.45, 2.75) is 13.8 Å². The number of benzene rings is 4. The van der Waals surface area contributed by atoms with Gasteiger partial charge in [0.15, 0.2) is 0 Å². The summed E-state index contributed by atoms with van der Waals surface area (Å²) in [5.74, 6) is -1.86. The van der Waals surface area contributed by atoms with Gasteiger partial charge in [0.05, 0.1) is 22.5 Å². The second-order valence-electron chi connectivity index (χ2n) is 10.4. The quantitative estimate of drug-likeness (QED) is 0.194. The summed E-state index contributed by atoms with van der Waals surface area (Å²) in [5.41, 5.74) is 16.1. The van der Waals surface area contributed by atoms with Crippen LogP contribution < -0.4 is 22.6 Å². The summed E-state index contributed by atoms with van der Waals surface area (Å²) in [6, 6.07) is 34.6. The number of para-hydroxylation sites is 2. The van der Waals surface area contributed by atoms with Gasteiger partial charge >= 0.3 is 11.9 Å². The lowest BCUT2D eigenvalue weighted by molar-refractivity contribution is 0.0686. The molecular formula is C36H38N6O6. The highest BCUT2D eigenvalue weighted by molar-refractivity contribution is 5.88. The van der Waals surface area contributed by atoms with Crippen LogP contribution in [0.15, 0.2) is 131 Å². The number of carbonyl (C=O) groups is 2. The van der Waals surface area contributed by atoms with Crippen molar-refractivity contribution >= 4 is 23.3 Å². The van der Waals surface area contributed by atoms with Gasteiger partial charge in [0, 0.05) is 49.0 Å². The van der Waals surface area contributed by atoms with Crippen molar-refractivity contribution in [3.05, 3.63) is 165 Å². The third-order valence-electron chi connectivity index (χ3n) is 7.02. The van der Waals surface area contributed by atoms with Gasteiger partial charge in [0.25, 0.3) is 11.1 Å².